The standard InChI is InChI=1S/C37H37I/c1-6-7-8-24-9-13-28-31-16-12-27(38)20-35(31)37(32(28)17-24)33-18-25(22(2)3)10-14-29(33)30-15-11-26(19-34(30)37)36(5)21-23(36)4/h9-20,22-23H,6-8,21H2,1-5H3. The van der Waals surface area contributed by atoms with Crippen molar-refractivity contribution in [3.05, 3.63) is 115 Å². The van der Waals surface area contributed by atoms with Crippen LogP contribution >= 0.6 is 22.6 Å². The van der Waals surface area contributed by atoms with Gasteiger partial charge in [-0.15, -0.1) is 0 Å². The summed E-state index contributed by atoms with van der Waals surface area (Å²) in [5.41, 5.74) is 16.1. The van der Waals surface area contributed by atoms with Crippen molar-refractivity contribution in [2.45, 2.75) is 77.0 Å². The quantitative estimate of drug-likeness (QED) is 0.171. The average Bonchev–Trinajstić information content (AvgIpc) is 3.31. The molecule has 3 atom stereocenters. The van der Waals surface area contributed by atoms with Crippen LogP contribution in [0.2, 0.25) is 0 Å². The summed E-state index contributed by atoms with van der Waals surface area (Å²) in [7, 11) is 0. The van der Waals surface area contributed by atoms with Gasteiger partial charge in [-0.1, -0.05) is 102 Å². The fourth-order valence-corrected chi connectivity index (χ4v) is 7.99. The smallest absolute Gasteiger partial charge is 0.0654 e. The molecule has 0 aromatic heterocycles. The Morgan fingerprint density at radius 3 is 2.03 bits per heavy atom. The highest BCUT2D eigenvalue weighted by molar-refractivity contribution is 14.1. The molecule has 0 saturated heterocycles. The zero-order valence-corrected chi connectivity index (χ0v) is 25.4. The Morgan fingerprint density at radius 1 is 0.789 bits per heavy atom. The topological polar surface area (TPSA) is 0 Å². The van der Waals surface area contributed by atoms with Crippen LogP contribution in [0.15, 0.2) is 72.8 Å². The molecule has 0 amide bonds. The molecule has 0 aliphatic heterocycles. The number of hydrogen-bond donors (Lipinski definition) is 0. The van der Waals surface area contributed by atoms with E-state index in [1.54, 1.807) is 0 Å². The SMILES string of the molecule is CCCCc1ccc2c(c1)C1(c3cc(I)ccc3-2)c2cc(C(C)C)ccc2-c2ccc(C3(C)CC3C)cc21. The Kier molecular flexibility index (Phi) is 5.55. The van der Waals surface area contributed by atoms with Crippen LogP contribution in [-0.2, 0) is 17.3 Å². The number of fused-ring (bicyclic) bond motifs is 10. The van der Waals surface area contributed by atoms with Crippen molar-refractivity contribution in [1.82, 2.24) is 0 Å². The first-order chi connectivity index (χ1) is 18.3. The van der Waals surface area contributed by atoms with Crippen LogP contribution in [0.4, 0.5) is 0 Å². The zero-order valence-electron chi connectivity index (χ0n) is 23.3. The summed E-state index contributed by atoms with van der Waals surface area (Å²) in [5, 5.41) is 0. The molecule has 0 radical (unpaired) electrons. The van der Waals surface area contributed by atoms with E-state index >= 15 is 0 Å². The van der Waals surface area contributed by atoms with Crippen molar-refractivity contribution in [2.24, 2.45) is 5.92 Å². The van der Waals surface area contributed by atoms with E-state index in [4.69, 9.17) is 0 Å². The summed E-state index contributed by atoms with van der Waals surface area (Å²) in [6.07, 6.45) is 4.90. The molecule has 3 aliphatic carbocycles. The van der Waals surface area contributed by atoms with E-state index in [0.29, 0.717) is 11.3 Å². The van der Waals surface area contributed by atoms with E-state index < -0.39 is 0 Å². The maximum absolute atomic E-state index is 2.62. The van der Waals surface area contributed by atoms with Gasteiger partial charge in [-0.05, 0) is 132 Å². The van der Waals surface area contributed by atoms with Gasteiger partial charge in [0.2, 0.25) is 0 Å². The minimum Gasteiger partial charge on any atom is -0.0654 e. The van der Waals surface area contributed by atoms with E-state index in [9.17, 15) is 0 Å². The molecule has 0 N–H and O–H groups in total. The van der Waals surface area contributed by atoms with Crippen molar-refractivity contribution >= 4 is 22.6 Å². The van der Waals surface area contributed by atoms with E-state index in [0.717, 1.165) is 12.3 Å². The fraction of sp³-hybridized carbons (Fsp3) is 0.351. The molecule has 4 aromatic rings. The molecular weight excluding hydrogens is 571 g/mol. The average molecular weight is 609 g/mol. The van der Waals surface area contributed by atoms with Gasteiger partial charge in [0.25, 0.3) is 0 Å². The van der Waals surface area contributed by atoms with Crippen LogP contribution in [0.1, 0.15) is 98.7 Å². The normalized spacial score (nSPS) is 23.9. The Morgan fingerprint density at radius 2 is 1.37 bits per heavy atom. The van der Waals surface area contributed by atoms with Gasteiger partial charge in [0, 0.05) is 3.57 Å². The monoisotopic (exact) mass is 608 g/mol. The number of halogens is 1. The molecule has 4 aromatic carbocycles. The summed E-state index contributed by atoms with van der Waals surface area (Å²) in [6, 6.07) is 29.4. The second kappa shape index (κ2) is 8.55. The molecule has 192 valence electrons. The number of rotatable bonds is 5. The Hall–Kier alpha value is -2.39. The number of unbranched alkanes of at least 4 members (excludes halogenated alkanes) is 1. The molecule has 38 heavy (non-hydrogen) atoms. The Balaban J connectivity index is 1.60. The van der Waals surface area contributed by atoms with Crippen LogP contribution in [0.5, 0.6) is 0 Å². The zero-order chi connectivity index (χ0) is 26.4. The van der Waals surface area contributed by atoms with Crippen molar-refractivity contribution in [3.63, 3.8) is 0 Å². The third kappa shape index (κ3) is 3.27. The molecular formula is C37H37I. The van der Waals surface area contributed by atoms with Crippen LogP contribution in [0, 0.1) is 9.49 Å². The molecule has 1 fully saturated rings. The van der Waals surface area contributed by atoms with E-state index in [-0.39, 0.29) is 5.41 Å². The molecule has 1 heteroatoms. The largest absolute Gasteiger partial charge is 0.0726 e. The molecule has 0 nitrogen and oxygen atoms in total. The van der Waals surface area contributed by atoms with E-state index in [1.807, 2.05) is 0 Å². The first-order valence-corrected chi connectivity index (χ1v) is 15.6. The molecule has 0 heterocycles. The summed E-state index contributed by atoms with van der Waals surface area (Å²) < 4.78 is 1.31. The summed E-state index contributed by atoms with van der Waals surface area (Å²) in [4.78, 5) is 0. The molecule has 1 saturated carbocycles. The van der Waals surface area contributed by atoms with Gasteiger partial charge in [0.05, 0.1) is 5.41 Å². The van der Waals surface area contributed by atoms with Gasteiger partial charge in [-0.25, -0.2) is 0 Å². The maximum atomic E-state index is 2.62. The first-order valence-electron chi connectivity index (χ1n) is 14.5. The van der Waals surface area contributed by atoms with Crippen LogP contribution in [-0.4, -0.2) is 0 Å². The third-order valence-corrected chi connectivity index (χ3v) is 10.8. The minimum absolute atomic E-state index is 0.256. The summed E-state index contributed by atoms with van der Waals surface area (Å²) in [5.74, 6) is 1.24. The van der Waals surface area contributed by atoms with E-state index in [2.05, 4.69) is 130 Å². The highest BCUT2D eigenvalue weighted by atomic mass is 127. The molecule has 3 aliphatic rings. The maximum Gasteiger partial charge on any atom is 0.0726 e. The molecule has 0 bridgehead atoms. The summed E-state index contributed by atoms with van der Waals surface area (Å²) >= 11 is 2.52. The predicted molar refractivity (Wildman–Crippen MR) is 169 cm³/mol. The lowest BCUT2D eigenvalue weighted by Crippen LogP contribution is -2.27. The lowest BCUT2D eigenvalue weighted by atomic mass is 9.69. The molecule has 3 unspecified atom stereocenters. The van der Waals surface area contributed by atoms with Crippen molar-refractivity contribution in [1.29, 1.82) is 0 Å². The van der Waals surface area contributed by atoms with Crippen molar-refractivity contribution < 1.29 is 0 Å². The van der Waals surface area contributed by atoms with Gasteiger partial charge in [0.1, 0.15) is 0 Å². The first kappa shape index (κ1) is 24.6. The van der Waals surface area contributed by atoms with Crippen LogP contribution in [0.25, 0.3) is 22.3 Å². The predicted octanol–water partition coefficient (Wildman–Crippen LogP) is 10.4. The van der Waals surface area contributed by atoms with E-state index in [1.165, 1.54) is 84.0 Å². The van der Waals surface area contributed by atoms with Crippen LogP contribution in [0.3, 0.4) is 0 Å². The Bertz CT molecular complexity index is 1610. The van der Waals surface area contributed by atoms with Gasteiger partial charge in [0.15, 0.2) is 0 Å². The Labute approximate surface area is 242 Å². The minimum atomic E-state index is -0.256. The molecule has 7 rings (SSSR count). The highest BCUT2D eigenvalue weighted by Gasteiger charge is 2.54. The van der Waals surface area contributed by atoms with Gasteiger partial charge in [-0.3, -0.25) is 0 Å². The number of hydrogen-bond acceptors (Lipinski definition) is 0. The lowest BCUT2D eigenvalue weighted by Gasteiger charge is -2.32. The van der Waals surface area contributed by atoms with Crippen molar-refractivity contribution in [2.75, 3.05) is 0 Å². The van der Waals surface area contributed by atoms with Gasteiger partial charge in [-0.2, -0.15) is 0 Å². The number of aryl methyl sites for hydroxylation is 1. The van der Waals surface area contributed by atoms with Crippen LogP contribution < -0.4 is 0 Å². The third-order valence-electron chi connectivity index (χ3n) is 10.1. The summed E-state index contributed by atoms with van der Waals surface area (Å²) in [6.45, 7) is 11.8. The second-order valence-electron chi connectivity index (χ2n) is 12.7. The molecule has 1 spiro atoms. The second-order valence-corrected chi connectivity index (χ2v) is 13.9. The van der Waals surface area contributed by atoms with Gasteiger partial charge < -0.3 is 0 Å². The fourth-order valence-electron chi connectivity index (χ4n) is 7.50. The number of benzene rings is 4. The lowest BCUT2D eigenvalue weighted by molar-refractivity contribution is 0.696. The highest BCUT2D eigenvalue weighted by Crippen LogP contribution is 2.64. The van der Waals surface area contributed by atoms with Gasteiger partial charge >= 0.3 is 0 Å². The van der Waals surface area contributed by atoms with Crippen molar-refractivity contribution in [3.8, 4) is 22.3 Å².